The molecule has 166 valence electrons. The standard InChI is InChI=1S/C27H36N2O2/c1-22(2)16-28(19-27(30)21-31-20-24-11-5-4-6-12-24)18-26-14-9-15-29(26)17-25-13-8-7-10-23(25)3/h4-15,22,27,30H,16-21H2,1-3H3/t27-/m1/s1. The van der Waals surface area contributed by atoms with E-state index in [1.165, 1.54) is 16.8 Å². The molecule has 0 saturated carbocycles. The molecule has 0 aliphatic carbocycles. The molecule has 0 aliphatic heterocycles. The van der Waals surface area contributed by atoms with Crippen molar-refractivity contribution in [1.82, 2.24) is 9.47 Å². The fraction of sp³-hybridized carbons (Fsp3) is 0.407. The largest absolute Gasteiger partial charge is 0.389 e. The van der Waals surface area contributed by atoms with Gasteiger partial charge in [0.25, 0.3) is 0 Å². The average Bonchev–Trinajstić information content (AvgIpc) is 3.16. The van der Waals surface area contributed by atoms with E-state index < -0.39 is 6.10 Å². The second-order valence-electron chi connectivity index (χ2n) is 8.80. The van der Waals surface area contributed by atoms with Crippen molar-refractivity contribution in [2.45, 2.75) is 46.6 Å². The van der Waals surface area contributed by atoms with E-state index in [0.717, 1.165) is 25.2 Å². The van der Waals surface area contributed by atoms with Crippen LogP contribution in [0.5, 0.6) is 0 Å². The maximum atomic E-state index is 10.6. The minimum Gasteiger partial charge on any atom is -0.389 e. The van der Waals surface area contributed by atoms with Crippen LogP contribution in [0, 0.1) is 12.8 Å². The van der Waals surface area contributed by atoms with Crippen LogP contribution < -0.4 is 0 Å². The van der Waals surface area contributed by atoms with Crippen molar-refractivity contribution in [1.29, 1.82) is 0 Å². The average molecular weight is 421 g/mol. The lowest BCUT2D eigenvalue weighted by Gasteiger charge is -2.27. The molecular weight excluding hydrogens is 384 g/mol. The van der Waals surface area contributed by atoms with Crippen LogP contribution >= 0.6 is 0 Å². The van der Waals surface area contributed by atoms with Crippen LogP contribution in [0.15, 0.2) is 72.9 Å². The first-order chi connectivity index (χ1) is 15.0. The molecule has 1 heterocycles. The van der Waals surface area contributed by atoms with Gasteiger partial charge in [-0.2, -0.15) is 0 Å². The Labute approximate surface area is 187 Å². The van der Waals surface area contributed by atoms with Crippen molar-refractivity contribution in [3.05, 3.63) is 95.3 Å². The highest BCUT2D eigenvalue weighted by molar-refractivity contribution is 5.26. The first-order valence-corrected chi connectivity index (χ1v) is 11.2. The Bertz CT molecular complexity index is 904. The van der Waals surface area contributed by atoms with Gasteiger partial charge in [0.1, 0.15) is 0 Å². The number of rotatable bonds is 12. The monoisotopic (exact) mass is 420 g/mol. The molecule has 31 heavy (non-hydrogen) atoms. The van der Waals surface area contributed by atoms with Gasteiger partial charge in [-0.05, 0) is 41.7 Å². The lowest BCUT2D eigenvalue weighted by atomic mass is 10.1. The molecule has 4 nitrogen and oxygen atoms in total. The third-order valence-electron chi connectivity index (χ3n) is 5.43. The summed E-state index contributed by atoms with van der Waals surface area (Å²) < 4.78 is 8.07. The molecule has 3 aromatic rings. The highest BCUT2D eigenvalue weighted by Gasteiger charge is 2.16. The molecular formula is C27H36N2O2. The number of ether oxygens (including phenoxy) is 1. The SMILES string of the molecule is Cc1ccccc1Cn1cccc1CN(CC(C)C)C[C@@H](O)COCc1ccccc1. The number of hydrogen-bond acceptors (Lipinski definition) is 3. The highest BCUT2D eigenvalue weighted by Crippen LogP contribution is 2.15. The van der Waals surface area contributed by atoms with Crippen molar-refractivity contribution < 1.29 is 9.84 Å². The summed E-state index contributed by atoms with van der Waals surface area (Å²) in [6.07, 6.45) is 1.64. The third kappa shape index (κ3) is 7.66. The van der Waals surface area contributed by atoms with Crippen molar-refractivity contribution in [2.24, 2.45) is 5.92 Å². The Balaban J connectivity index is 1.57. The Hall–Kier alpha value is -2.40. The van der Waals surface area contributed by atoms with E-state index in [2.05, 4.69) is 72.8 Å². The quantitative estimate of drug-likeness (QED) is 0.454. The molecule has 4 heteroatoms. The minimum atomic E-state index is -0.512. The zero-order valence-corrected chi connectivity index (χ0v) is 19.1. The van der Waals surface area contributed by atoms with Crippen LogP contribution in [0.4, 0.5) is 0 Å². The second-order valence-corrected chi connectivity index (χ2v) is 8.80. The van der Waals surface area contributed by atoms with Gasteiger partial charge in [0.2, 0.25) is 0 Å². The molecule has 0 amide bonds. The van der Waals surface area contributed by atoms with E-state index in [1.807, 2.05) is 30.3 Å². The normalized spacial score (nSPS) is 12.6. The van der Waals surface area contributed by atoms with Gasteiger partial charge in [-0.15, -0.1) is 0 Å². The van der Waals surface area contributed by atoms with E-state index in [-0.39, 0.29) is 0 Å². The van der Waals surface area contributed by atoms with Gasteiger partial charge in [0.15, 0.2) is 0 Å². The van der Waals surface area contributed by atoms with E-state index in [4.69, 9.17) is 4.74 Å². The first kappa shape index (κ1) is 23.3. The lowest BCUT2D eigenvalue weighted by Crippen LogP contribution is -2.37. The van der Waals surface area contributed by atoms with Gasteiger partial charge in [-0.3, -0.25) is 4.90 Å². The molecule has 3 rings (SSSR count). The van der Waals surface area contributed by atoms with Gasteiger partial charge in [-0.1, -0.05) is 68.4 Å². The molecule has 0 saturated heterocycles. The second kappa shape index (κ2) is 11.8. The number of aromatic nitrogens is 1. The predicted molar refractivity (Wildman–Crippen MR) is 127 cm³/mol. The van der Waals surface area contributed by atoms with Crippen LogP contribution in [-0.2, 0) is 24.4 Å². The summed E-state index contributed by atoms with van der Waals surface area (Å²) in [6.45, 7) is 10.7. The van der Waals surface area contributed by atoms with Crippen molar-refractivity contribution in [3.8, 4) is 0 Å². The molecule has 0 bridgehead atoms. The third-order valence-corrected chi connectivity index (χ3v) is 5.43. The number of aliphatic hydroxyl groups excluding tert-OH is 1. The van der Waals surface area contributed by atoms with Crippen molar-refractivity contribution in [2.75, 3.05) is 19.7 Å². The molecule has 1 N–H and O–H groups in total. The summed E-state index contributed by atoms with van der Waals surface area (Å²) in [5.74, 6) is 0.525. The van der Waals surface area contributed by atoms with E-state index >= 15 is 0 Å². The van der Waals surface area contributed by atoms with E-state index in [1.54, 1.807) is 0 Å². The van der Waals surface area contributed by atoms with Crippen LogP contribution in [-0.4, -0.2) is 40.4 Å². The zero-order valence-electron chi connectivity index (χ0n) is 19.1. The Morgan fingerprint density at radius 2 is 1.68 bits per heavy atom. The topological polar surface area (TPSA) is 37.6 Å². The molecule has 0 unspecified atom stereocenters. The fourth-order valence-corrected chi connectivity index (χ4v) is 3.91. The van der Waals surface area contributed by atoms with Crippen molar-refractivity contribution in [3.63, 3.8) is 0 Å². The number of hydrogen-bond donors (Lipinski definition) is 1. The maximum Gasteiger partial charge on any atom is 0.0900 e. The van der Waals surface area contributed by atoms with E-state index in [0.29, 0.717) is 25.7 Å². The summed E-state index contributed by atoms with van der Waals surface area (Å²) >= 11 is 0. The van der Waals surface area contributed by atoms with Gasteiger partial charge >= 0.3 is 0 Å². The molecule has 0 aliphatic rings. The van der Waals surface area contributed by atoms with Gasteiger partial charge < -0.3 is 14.4 Å². The summed E-state index contributed by atoms with van der Waals surface area (Å²) in [6, 6.07) is 22.9. The lowest BCUT2D eigenvalue weighted by molar-refractivity contribution is 0.00644. The maximum absolute atomic E-state index is 10.6. The molecule has 0 radical (unpaired) electrons. The summed E-state index contributed by atoms with van der Waals surface area (Å²) in [5.41, 5.74) is 5.04. The number of aliphatic hydroxyl groups is 1. The Kier molecular flexibility index (Phi) is 8.89. The molecule has 0 spiro atoms. The Morgan fingerprint density at radius 1 is 0.935 bits per heavy atom. The molecule has 1 atom stereocenters. The van der Waals surface area contributed by atoms with Gasteiger partial charge in [0, 0.05) is 38.1 Å². The fourth-order valence-electron chi connectivity index (χ4n) is 3.91. The van der Waals surface area contributed by atoms with Crippen LogP contribution in [0.25, 0.3) is 0 Å². The number of benzene rings is 2. The summed E-state index contributed by atoms with van der Waals surface area (Å²) in [5, 5.41) is 10.6. The summed E-state index contributed by atoms with van der Waals surface area (Å²) in [7, 11) is 0. The van der Waals surface area contributed by atoms with Crippen LogP contribution in [0.1, 0.15) is 36.2 Å². The van der Waals surface area contributed by atoms with Crippen LogP contribution in [0.2, 0.25) is 0 Å². The Morgan fingerprint density at radius 3 is 2.42 bits per heavy atom. The van der Waals surface area contributed by atoms with E-state index in [9.17, 15) is 5.11 Å². The predicted octanol–water partition coefficient (Wildman–Crippen LogP) is 4.88. The number of nitrogens with zero attached hydrogens (tertiary/aromatic N) is 2. The molecule has 2 aromatic carbocycles. The van der Waals surface area contributed by atoms with Crippen molar-refractivity contribution >= 4 is 0 Å². The first-order valence-electron chi connectivity index (χ1n) is 11.2. The molecule has 0 fully saturated rings. The summed E-state index contributed by atoms with van der Waals surface area (Å²) in [4.78, 5) is 2.34. The smallest absolute Gasteiger partial charge is 0.0900 e. The van der Waals surface area contributed by atoms with Crippen LogP contribution in [0.3, 0.4) is 0 Å². The number of aryl methyl sites for hydroxylation is 1. The van der Waals surface area contributed by atoms with Gasteiger partial charge in [0.05, 0.1) is 19.3 Å². The molecule has 1 aromatic heterocycles. The zero-order chi connectivity index (χ0) is 22.1. The highest BCUT2D eigenvalue weighted by atomic mass is 16.5. The van der Waals surface area contributed by atoms with Gasteiger partial charge in [-0.25, -0.2) is 0 Å². The minimum absolute atomic E-state index is 0.341.